The van der Waals surface area contributed by atoms with E-state index in [0.29, 0.717) is 10.7 Å². The average molecular weight is 393 g/mol. The maximum absolute atomic E-state index is 13.7. The van der Waals surface area contributed by atoms with Crippen LogP contribution in [0, 0.1) is 24.4 Å². The van der Waals surface area contributed by atoms with Crippen molar-refractivity contribution in [3.05, 3.63) is 76.3 Å². The van der Waals surface area contributed by atoms with Crippen LogP contribution >= 0.6 is 11.6 Å². The van der Waals surface area contributed by atoms with E-state index in [0.717, 1.165) is 17.7 Å². The van der Waals surface area contributed by atoms with Crippen molar-refractivity contribution in [1.82, 2.24) is 9.97 Å². The van der Waals surface area contributed by atoms with E-state index >= 15 is 0 Å². The highest BCUT2D eigenvalue weighted by Crippen LogP contribution is 2.22. The fourth-order valence-corrected chi connectivity index (χ4v) is 2.31. The number of halogens is 4. The van der Waals surface area contributed by atoms with Crippen molar-refractivity contribution >= 4 is 34.8 Å². The fraction of sp³-hybridized carbons (Fsp3) is 0.0556. The van der Waals surface area contributed by atoms with E-state index in [2.05, 4.69) is 20.6 Å². The summed E-state index contributed by atoms with van der Waals surface area (Å²) < 4.78 is 39.8. The van der Waals surface area contributed by atoms with E-state index in [1.54, 1.807) is 18.2 Å². The Bertz CT molecular complexity index is 1010. The number of benzene rings is 2. The van der Waals surface area contributed by atoms with Gasteiger partial charge in [-0.3, -0.25) is 4.79 Å². The summed E-state index contributed by atoms with van der Waals surface area (Å²) in [6.07, 6.45) is 2.41. The SMILES string of the molecule is Cc1ccc(NC(=O)c2cnc(Nc3ccc(F)c(F)c3F)nc2)cc1Cl. The molecule has 0 aliphatic heterocycles. The predicted octanol–water partition coefficient (Wildman–Crippen LogP) is 4.85. The molecule has 1 aromatic heterocycles. The van der Waals surface area contributed by atoms with Crippen LogP contribution in [0.5, 0.6) is 0 Å². The second-order valence-corrected chi connectivity index (χ2v) is 5.97. The van der Waals surface area contributed by atoms with Gasteiger partial charge in [-0.2, -0.15) is 0 Å². The Hall–Kier alpha value is -3.13. The van der Waals surface area contributed by atoms with E-state index in [4.69, 9.17) is 11.6 Å². The second kappa shape index (κ2) is 7.63. The van der Waals surface area contributed by atoms with Crippen molar-refractivity contribution in [3.63, 3.8) is 0 Å². The van der Waals surface area contributed by atoms with Gasteiger partial charge in [0.25, 0.3) is 5.91 Å². The van der Waals surface area contributed by atoms with E-state index < -0.39 is 23.4 Å². The number of rotatable bonds is 4. The minimum absolute atomic E-state index is 0.0881. The van der Waals surface area contributed by atoms with Crippen LogP contribution in [0.15, 0.2) is 42.7 Å². The molecule has 1 amide bonds. The van der Waals surface area contributed by atoms with Gasteiger partial charge in [0.15, 0.2) is 17.5 Å². The maximum atomic E-state index is 13.7. The molecular weight excluding hydrogens is 381 g/mol. The largest absolute Gasteiger partial charge is 0.322 e. The van der Waals surface area contributed by atoms with E-state index in [1.165, 1.54) is 12.4 Å². The van der Waals surface area contributed by atoms with Gasteiger partial charge in [-0.25, -0.2) is 23.1 Å². The number of aromatic nitrogens is 2. The second-order valence-electron chi connectivity index (χ2n) is 5.56. The molecule has 5 nitrogen and oxygen atoms in total. The molecule has 0 fully saturated rings. The number of aryl methyl sites for hydroxylation is 1. The molecule has 27 heavy (non-hydrogen) atoms. The van der Waals surface area contributed by atoms with Crippen LogP contribution in [0.1, 0.15) is 15.9 Å². The summed E-state index contributed by atoms with van der Waals surface area (Å²) in [5.74, 6) is -4.86. The normalized spacial score (nSPS) is 10.6. The lowest BCUT2D eigenvalue weighted by molar-refractivity contribution is 0.102. The minimum atomic E-state index is -1.60. The smallest absolute Gasteiger partial charge is 0.258 e. The van der Waals surface area contributed by atoms with Gasteiger partial charge in [-0.1, -0.05) is 17.7 Å². The van der Waals surface area contributed by atoms with Gasteiger partial charge in [-0.15, -0.1) is 0 Å². The third-order valence-electron chi connectivity index (χ3n) is 3.63. The molecule has 0 bridgehead atoms. The Kier molecular flexibility index (Phi) is 5.27. The van der Waals surface area contributed by atoms with Crippen molar-refractivity contribution in [1.29, 1.82) is 0 Å². The molecule has 2 N–H and O–H groups in total. The van der Waals surface area contributed by atoms with Crippen LogP contribution in [0.3, 0.4) is 0 Å². The standard InChI is InChI=1S/C18H12ClF3N4O/c1-9-2-3-11(6-12(9)19)25-17(27)10-7-23-18(24-8-10)26-14-5-4-13(20)15(21)16(14)22/h2-8H,1H3,(H,25,27)(H,23,24,26). The maximum Gasteiger partial charge on any atom is 0.258 e. The number of anilines is 3. The third kappa shape index (κ3) is 4.17. The molecule has 138 valence electrons. The first-order valence-electron chi connectivity index (χ1n) is 7.65. The zero-order valence-electron chi connectivity index (χ0n) is 13.9. The average Bonchev–Trinajstić information content (AvgIpc) is 2.66. The van der Waals surface area contributed by atoms with Gasteiger partial charge in [-0.05, 0) is 36.8 Å². The molecular formula is C18H12ClF3N4O. The van der Waals surface area contributed by atoms with Gasteiger partial charge in [0.2, 0.25) is 5.95 Å². The van der Waals surface area contributed by atoms with Crippen LogP contribution in [0.25, 0.3) is 0 Å². The zero-order valence-corrected chi connectivity index (χ0v) is 14.6. The van der Waals surface area contributed by atoms with Crippen molar-refractivity contribution in [3.8, 4) is 0 Å². The Morgan fingerprint density at radius 1 is 1.04 bits per heavy atom. The summed E-state index contributed by atoms with van der Waals surface area (Å²) in [4.78, 5) is 19.9. The summed E-state index contributed by atoms with van der Waals surface area (Å²) >= 11 is 6.01. The van der Waals surface area contributed by atoms with Gasteiger partial charge in [0.05, 0.1) is 11.3 Å². The van der Waals surface area contributed by atoms with Gasteiger partial charge < -0.3 is 10.6 Å². The lowest BCUT2D eigenvalue weighted by atomic mass is 10.2. The van der Waals surface area contributed by atoms with Gasteiger partial charge in [0.1, 0.15) is 0 Å². The Labute approximate surface area is 157 Å². The summed E-state index contributed by atoms with van der Waals surface area (Å²) in [7, 11) is 0. The molecule has 0 aliphatic rings. The quantitative estimate of drug-likeness (QED) is 0.623. The lowest BCUT2D eigenvalue weighted by Crippen LogP contribution is -2.13. The first-order chi connectivity index (χ1) is 12.8. The Balaban J connectivity index is 1.72. The van der Waals surface area contributed by atoms with Crippen molar-refractivity contribution in [2.45, 2.75) is 6.92 Å². The van der Waals surface area contributed by atoms with Gasteiger partial charge >= 0.3 is 0 Å². The number of hydrogen-bond donors (Lipinski definition) is 2. The highest BCUT2D eigenvalue weighted by Gasteiger charge is 2.14. The highest BCUT2D eigenvalue weighted by atomic mass is 35.5. The van der Waals surface area contributed by atoms with E-state index in [-0.39, 0.29) is 17.2 Å². The highest BCUT2D eigenvalue weighted by molar-refractivity contribution is 6.31. The van der Waals surface area contributed by atoms with Crippen LogP contribution < -0.4 is 10.6 Å². The molecule has 0 spiro atoms. The molecule has 0 unspecified atom stereocenters. The number of carbonyl (C=O) groups is 1. The van der Waals surface area contributed by atoms with Crippen LogP contribution in [-0.2, 0) is 0 Å². The number of nitrogens with one attached hydrogen (secondary N) is 2. The van der Waals surface area contributed by atoms with Crippen LogP contribution in [0.2, 0.25) is 5.02 Å². The third-order valence-corrected chi connectivity index (χ3v) is 4.03. The van der Waals surface area contributed by atoms with Crippen LogP contribution in [0.4, 0.5) is 30.5 Å². The summed E-state index contributed by atoms with van der Waals surface area (Å²) in [5.41, 5.74) is 1.18. The van der Waals surface area contributed by atoms with Crippen LogP contribution in [-0.4, -0.2) is 15.9 Å². The molecule has 3 rings (SSSR count). The summed E-state index contributed by atoms with van der Waals surface area (Å²) in [6, 6.07) is 6.85. The molecule has 2 aromatic carbocycles. The molecule has 0 radical (unpaired) electrons. The molecule has 0 saturated carbocycles. The van der Waals surface area contributed by atoms with Crippen molar-refractivity contribution in [2.24, 2.45) is 0 Å². The van der Waals surface area contributed by atoms with Crippen molar-refractivity contribution < 1.29 is 18.0 Å². The topological polar surface area (TPSA) is 66.9 Å². The first kappa shape index (κ1) is 18.7. The summed E-state index contributed by atoms with van der Waals surface area (Å²) in [5, 5.41) is 5.57. The Morgan fingerprint density at radius 3 is 2.41 bits per heavy atom. The zero-order chi connectivity index (χ0) is 19.6. The number of amides is 1. The van der Waals surface area contributed by atoms with E-state index in [1.807, 2.05) is 6.92 Å². The van der Waals surface area contributed by atoms with Gasteiger partial charge in [0, 0.05) is 23.1 Å². The van der Waals surface area contributed by atoms with E-state index in [9.17, 15) is 18.0 Å². The summed E-state index contributed by atoms with van der Waals surface area (Å²) in [6.45, 7) is 1.84. The predicted molar refractivity (Wildman–Crippen MR) is 95.8 cm³/mol. The van der Waals surface area contributed by atoms with Crippen molar-refractivity contribution in [2.75, 3.05) is 10.6 Å². The number of nitrogens with zero attached hydrogens (tertiary/aromatic N) is 2. The number of carbonyl (C=O) groups excluding carboxylic acids is 1. The molecule has 0 saturated heterocycles. The molecule has 9 heteroatoms. The fourth-order valence-electron chi connectivity index (χ4n) is 2.13. The lowest BCUT2D eigenvalue weighted by Gasteiger charge is -2.08. The molecule has 0 atom stereocenters. The Morgan fingerprint density at radius 2 is 1.74 bits per heavy atom. The molecule has 0 aliphatic carbocycles. The number of hydrogen-bond acceptors (Lipinski definition) is 4. The minimum Gasteiger partial charge on any atom is -0.322 e. The molecule has 1 heterocycles. The molecule has 3 aromatic rings. The first-order valence-corrected chi connectivity index (χ1v) is 8.03. The monoisotopic (exact) mass is 392 g/mol.